The number of anilines is 1. The van der Waals surface area contributed by atoms with E-state index in [9.17, 15) is 4.79 Å². The van der Waals surface area contributed by atoms with E-state index >= 15 is 0 Å². The number of halogens is 2. The van der Waals surface area contributed by atoms with Gasteiger partial charge >= 0.3 is 0 Å². The number of carbonyl (C=O) groups is 1. The number of rotatable bonds is 1. The number of carbonyl (C=O) groups excluding carboxylic acids is 1. The van der Waals surface area contributed by atoms with Crippen molar-refractivity contribution >= 4 is 45.8 Å². The van der Waals surface area contributed by atoms with Crippen LogP contribution in [0.25, 0.3) is 0 Å². The molecule has 15 heavy (non-hydrogen) atoms. The Morgan fingerprint density at radius 3 is 2.80 bits per heavy atom. The first-order valence-corrected chi connectivity index (χ1v) is 6.30. The first kappa shape index (κ1) is 11.2. The minimum absolute atomic E-state index is 0.0452. The molecule has 0 saturated carbocycles. The van der Waals surface area contributed by atoms with Crippen molar-refractivity contribution in [2.24, 2.45) is 0 Å². The van der Waals surface area contributed by atoms with E-state index in [0.717, 1.165) is 11.3 Å². The van der Waals surface area contributed by atoms with Gasteiger partial charge in [0.25, 0.3) is 0 Å². The molecule has 1 unspecified atom stereocenters. The molecule has 1 aliphatic rings. The minimum Gasteiger partial charge on any atom is -0.311 e. The van der Waals surface area contributed by atoms with Crippen LogP contribution in [0.2, 0.25) is 0 Å². The molecule has 0 aliphatic carbocycles. The highest BCUT2D eigenvalue weighted by atomic mass is 127. The van der Waals surface area contributed by atoms with Gasteiger partial charge in [-0.2, -0.15) is 0 Å². The summed E-state index contributed by atoms with van der Waals surface area (Å²) in [6.45, 7) is 2.65. The average molecular weight is 336 g/mol. The van der Waals surface area contributed by atoms with E-state index in [0.29, 0.717) is 13.0 Å². The van der Waals surface area contributed by atoms with Crippen LogP contribution in [-0.4, -0.2) is 17.8 Å². The largest absolute Gasteiger partial charge is 0.311 e. The lowest BCUT2D eigenvalue weighted by molar-refractivity contribution is -0.117. The van der Waals surface area contributed by atoms with Gasteiger partial charge in [0.05, 0.1) is 5.38 Å². The van der Waals surface area contributed by atoms with Gasteiger partial charge in [-0.1, -0.05) is 0 Å². The third-order valence-electron chi connectivity index (χ3n) is 2.53. The van der Waals surface area contributed by atoms with Gasteiger partial charge in [-0.15, -0.1) is 11.6 Å². The summed E-state index contributed by atoms with van der Waals surface area (Å²) < 4.78 is 1.18. The van der Waals surface area contributed by atoms with Crippen LogP contribution in [-0.2, 0) is 4.79 Å². The molecule has 1 aromatic carbocycles. The molecule has 2 nitrogen and oxygen atoms in total. The molecule has 80 valence electrons. The first-order valence-electron chi connectivity index (χ1n) is 4.78. The quantitative estimate of drug-likeness (QED) is 0.571. The van der Waals surface area contributed by atoms with Crippen LogP contribution in [0.5, 0.6) is 0 Å². The van der Waals surface area contributed by atoms with Gasteiger partial charge in [0.15, 0.2) is 0 Å². The molecule has 0 bridgehead atoms. The van der Waals surface area contributed by atoms with Crippen molar-refractivity contribution < 1.29 is 4.79 Å². The fraction of sp³-hybridized carbons (Fsp3) is 0.364. The third kappa shape index (κ3) is 2.28. The van der Waals surface area contributed by atoms with Crippen LogP contribution >= 0.6 is 34.2 Å². The SMILES string of the molecule is Cc1cc(I)ccc1N1CC(Cl)CC1=O. The Hall–Kier alpha value is -0.290. The Balaban J connectivity index is 2.34. The maximum absolute atomic E-state index is 11.7. The smallest absolute Gasteiger partial charge is 0.228 e. The van der Waals surface area contributed by atoms with Crippen LogP contribution in [0.15, 0.2) is 18.2 Å². The van der Waals surface area contributed by atoms with Crippen LogP contribution < -0.4 is 4.90 Å². The molecule has 1 fully saturated rings. The number of amides is 1. The lowest BCUT2D eigenvalue weighted by Crippen LogP contribution is -2.25. The van der Waals surface area contributed by atoms with E-state index in [1.165, 1.54) is 3.57 Å². The van der Waals surface area contributed by atoms with Crippen LogP contribution in [0.1, 0.15) is 12.0 Å². The van der Waals surface area contributed by atoms with E-state index in [4.69, 9.17) is 11.6 Å². The van der Waals surface area contributed by atoms with Gasteiger partial charge in [-0.3, -0.25) is 4.79 Å². The Morgan fingerprint density at radius 2 is 2.27 bits per heavy atom. The first-order chi connectivity index (χ1) is 7.08. The summed E-state index contributed by atoms with van der Waals surface area (Å²) in [7, 11) is 0. The average Bonchev–Trinajstić information content (AvgIpc) is 2.45. The molecule has 0 aromatic heterocycles. The summed E-state index contributed by atoms with van der Waals surface area (Å²) in [5, 5.41) is -0.0452. The molecular weight excluding hydrogens is 324 g/mol. The van der Waals surface area contributed by atoms with Crippen molar-refractivity contribution in [1.29, 1.82) is 0 Å². The van der Waals surface area contributed by atoms with Gasteiger partial charge in [-0.05, 0) is 53.3 Å². The van der Waals surface area contributed by atoms with Crippen LogP contribution in [0, 0.1) is 10.5 Å². The van der Waals surface area contributed by atoms with E-state index in [2.05, 4.69) is 28.7 Å². The molecule has 1 amide bonds. The lowest BCUT2D eigenvalue weighted by Gasteiger charge is -2.18. The topological polar surface area (TPSA) is 20.3 Å². The summed E-state index contributed by atoms with van der Waals surface area (Å²) in [6.07, 6.45) is 0.451. The van der Waals surface area contributed by atoms with Gasteiger partial charge in [-0.25, -0.2) is 0 Å². The maximum atomic E-state index is 11.7. The number of benzene rings is 1. The Labute approximate surface area is 108 Å². The minimum atomic E-state index is -0.0452. The summed E-state index contributed by atoms with van der Waals surface area (Å²) in [6, 6.07) is 6.08. The predicted octanol–water partition coefficient (Wildman–Crippen LogP) is 2.94. The number of hydrogen-bond donors (Lipinski definition) is 0. The highest BCUT2D eigenvalue weighted by Crippen LogP contribution is 2.28. The molecule has 1 saturated heterocycles. The summed E-state index contributed by atoms with van der Waals surface area (Å²) >= 11 is 8.24. The number of alkyl halides is 1. The van der Waals surface area contributed by atoms with Gasteiger partial charge in [0.2, 0.25) is 5.91 Å². The zero-order chi connectivity index (χ0) is 11.0. The van der Waals surface area contributed by atoms with Crippen LogP contribution in [0.3, 0.4) is 0 Å². The predicted molar refractivity (Wildman–Crippen MR) is 70.5 cm³/mol. The van der Waals surface area contributed by atoms with Crippen molar-refractivity contribution in [2.45, 2.75) is 18.7 Å². The number of hydrogen-bond acceptors (Lipinski definition) is 1. The zero-order valence-electron chi connectivity index (χ0n) is 8.34. The van der Waals surface area contributed by atoms with Crippen molar-refractivity contribution in [1.82, 2.24) is 0 Å². The van der Waals surface area contributed by atoms with Gasteiger partial charge in [0.1, 0.15) is 0 Å². The Morgan fingerprint density at radius 1 is 1.53 bits per heavy atom. The molecule has 1 aliphatic heterocycles. The Kier molecular flexibility index (Phi) is 3.21. The van der Waals surface area contributed by atoms with Gasteiger partial charge in [0, 0.05) is 22.2 Å². The van der Waals surface area contributed by atoms with Crippen LogP contribution in [0.4, 0.5) is 5.69 Å². The summed E-state index contributed by atoms with van der Waals surface area (Å²) in [5.74, 6) is 0.124. The molecule has 0 radical (unpaired) electrons. The van der Waals surface area contributed by atoms with Crippen molar-refractivity contribution in [3.8, 4) is 0 Å². The highest BCUT2D eigenvalue weighted by Gasteiger charge is 2.29. The Bertz CT molecular complexity index is 408. The van der Waals surface area contributed by atoms with E-state index in [1.807, 2.05) is 19.1 Å². The standard InChI is InChI=1S/C11H11ClINO/c1-7-4-9(13)2-3-10(7)14-6-8(12)5-11(14)15/h2-4,8H,5-6H2,1H3. The second-order valence-corrected chi connectivity index (χ2v) is 5.60. The summed E-state index contributed by atoms with van der Waals surface area (Å²) in [5.41, 5.74) is 2.12. The zero-order valence-corrected chi connectivity index (χ0v) is 11.2. The fourth-order valence-corrected chi connectivity index (χ4v) is 2.74. The van der Waals surface area contributed by atoms with Crippen molar-refractivity contribution in [3.63, 3.8) is 0 Å². The molecule has 1 aromatic rings. The van der Waals surface area contributed by atoms with Crippen molar-refractivity contribution in [2.75, 3.05) is 11.4 Å². The fourth-order valence-electron chi connectivity index (χ4n) is 1.82. The monoisotopic (exact) mass is 335 g/mol. The lowest BCUT2D eigenvalue weighted by atomic mass is 10.2. The molecule has 0 N–H and O–H groups in total. The maximum Gasteiger partial charge on any atom is 0.228 e. The molecule has 1 atom stereocenters. The second-order valence-electron chi connectivity index (χ2n) is 3.74. The van der Waals surface area contributed by atoms with E-state index in [-0.39, 0.29) is 11.3 Å². The molecule has 4 heteroatoms. The second kappa shape index (κ2) is 4.29. The molecule has 2 rings (SSSR count). The normalized spacial score (nSPS) is 21.1. The number of nitrogens with zero attached hydrogens (tertiary/aromatic N) is 1. The molecular formula is C11H11ClINO. The van der Waals surface area contributed by atoms with Crippen molar-refractivity contribution in [3.05, 3.63) is 27.3 Å². The molecule has 0 spiro atoms. The third-order valence-corrected chi connectivity index (χ3v) is 3.49. The highest BCUT2D eigenvalue weighted by molar-refractivity contribution is 14.1. The van der Waals surface area contributed by atoms with E-state index in [1.54, 1.807) is 4.90 Å². The number of aryl methyl sites for hydroxylation is 1. The summed E-state index contributed by atoms with van der Waals surface area (Å²) in [4.78, 5) is 13.4. The van der Waals surface area contributed by atoms with Gasteiger partial charge < -0.3 is 4.90 Å². The van der Waals surface area contributed by atoms with E-state index < -0.39 is 0 Å². The molecule has 1 heterocycles.